The van der Waals surface area contributed by atoms with Gasteiger partial charge in [-0.25, -0.2) is 4.39 Å². The number of hydrogen-bond donors (Lipinski definition) is 1. The second-order valence-electron chi connectivity index (χ2n) is 3.29. The summed E-state index contributed by atoms with van der Waals surface area (Å²) in [4.78, 5) is 4.81. The number of halogens is 1. The zero-order valence-electron chi connectivity index (χ0n) is 8.43. The van der Waals surface area contributed by atoms with Crippen LogP contribution >= 0.6 is 11.8 Å². The number of benzene rings is 1. The summed E-state index contributed by atoms with van der Waals surface area (Å²) in [5.74, 6) is 0.593. The first-order valence-corrected chi connectivity index (χ1v) is 5.74. The average Bonchev–Trinajstić information content (AvgIpc) is 2.28. The van der Waals surface area contributed by atoms with E-state index in [1.807, 2.05) is 12.1 Å². The first-order chi connectivity index (χ1) is 7.74. The number of aromatic hydroxyl groups is 1. The Morgan fingerprint density at radius 3 is 2.62 bits per heavy atom. The molecule has 1 N–H and O–H groups in total. The maximum Gasteiger partial charge on any atom is 0.141 e. The number of nitrogens with zero attached hydrogens (tertiary/aromatic N) is 1. The summed E-state index contributed by atoms with van der Waals surface area (Å²) in [6.07, 6.45) is 2.84. The molecule has 0 atom stereocenters. The molecule has 0 aliphatic rings. The Hall–Kier alpha value is -1.55. The molecular formula is C12H10FNOS. The van der Waals surface area contributed by atoms with Crippen LogP contribution < -0.4 is 0 Å². The monoisotopic (exact) mass is 235 g/mol. The normalized spacial score (nSPS) is 10.3. The highest BCUT2D eigenvalue weighted by atomic mass is 32.2. The van der Waals surface area contributed by atoms with Gasteiger partial charge in [-0.1, -0.05) is 0 Å². The van der Waals surface area contributed by atoms with Crippen LogP contribution in [0.1, 0.15) is 5.56 Å². The van der Waals surface area contributed by atoms with Crippen molar-refractivity contribution in [2.75, 3.05) is 0 Å². The van der Waals surface area contributed by atoms with E-state index in [0.717, 1.165) is 10.5 Å². The topological polar surface area (TPSA) is 33.1 Å². The van der Waals surface area contributed by atoms with Crippen molar-refractivity contribution in [2.24, 2.45) is 0 Å². The molecule has 0 saturated heterocycles. The molecule has 1 aromatic carbocycles. The Kier molecular flexibility index (Phi) is 3.41. The van der Waals surface area contributed by atoms with Gasteiger partial charge in [0.2, 0.25) is 0 Å². The fraction of sp³-hybridized carbons (Fsp3) is 0.0833. The molecule has 4 heteroatoms. The Bertz CT molecular complexity index is 473. The molecule has 82 valence electrons. The number of phenolic OH excluding ortho intramolecular Hbond substituents is 1. The Morgan fingerprint density at radius 2 is 1.94 bits per heavy atom. The van der Waals surface area contributed by atoms with Crippen LogP contribution in [0.4, 0.5) is 4.39 Å². The maximum absolute atomic E-state index is 12.8. The molecule has 2 rings (SSSR count). The Morgan fingerprint density at radius 1 is 1.19 bits per heavy atom. The zero-order chi connectivity index (χ0) is 11.4. The van der Waals surface area contributed by atoms with Gasteiger partial charge in [-0.05, 0) is 35.9 Å². The lowest BCUT2D eigenvalue weighted by Gasteiger charge is -2.01. The minimum Gasteiger partial charge on any atom is -0.508 e. The first kappa shape index (κ1) is 11.0. The van der Waals surface area contributed by atoms with E-state index in [1.54, 1.807) is 30.1 Å². The minimum atomic E-state index is -0.316. The summed E-state index contributed by atoms with van der Waals surface area (Å²) in [6.45, 7) is 0. The predicted molar refractivity (Wildman–Crippen MR) is 61.9 cm³/mol. The molecule has 0 saturated carbocycles. The fourth-order valence-electron chi connectivity index (χ4n) is 1.24. The van der Waals surface area contributed by atoms with Gasteiger partial charge < -0.3 is 5.11 Å². The summed E-state index contributed by atoms with van der Waals surface area (Å²) >= 11 is 1.57. The second-order valence-corrected chi connectivity index (χ2v) is 4.34. The lowest BCUT2D eigenvalue weighted by molar-refractivity contribution is 0.475. The quantitative estimate of drug-likeness (QED) is 0.829. The molecule has 1 aromatic heterocycles. The van der Waals surface area contributed by atoms with Crippen molar-refractivity contribution in [3.8, 4) is 5.75 Å². The Labute approximate surface area is 97.2 Å². The van der Waals surface area contributed by atoms with E-state index in [0.29, 0.717) is 5.75 Å². The predicted octanol–water partition coefficient (Wildman–Crippen LogP) is 3.22. The Balaban J connectivity index is 1.99. The van der Waals surface area contributed by atoms with E-state index >= 15 is 0 Å². The fourth-order valence-corrected chi connectivity index (χ4v) is 2.06. The maximum atomic E-state index is 12.8. The van der Waals surface area contributed by atoms with Gasteiger partial charge in [0.1, 0.15) is 11.6 Å². The third kappa shape index (κ3) is 2.97. The van der Waals surface area contributed by atoms with E-state index in [9.17, 15) is 4.39 Å². The molecule has 2 nitrogen and oxygen atoms in total. The van der Waals surface area contributed by atoms with Crippen molar-refractivity contribution in [2.45, 2.75) is 10.6 Å². The number of rotatable bonds is 3. The number of hydrogen-bond acceptors (Lipinski definition) is 3. The van der Waals surface area contributed by atoms with Gasteiger partial charge >= 0.3 is 0 Å². The summed E-state index contributed by atoms with van der Waals surface area (Å²) in [5, 5.41) is 9.11. The van der Waals surface area contributed by atoms with Crippen LogP contribution in [0.25, 0.3) is 0 Å². The van der Waals surface area contributed by atoms with Crippen LogP contribution in [0.5, 0.6) is 5.75 Å². The molecule has 0 unspecified atom stereocenters. The number of thioether (sulfide) groups is 1. The van der Waals surface area contributed by atoms with Gasteiger partial charge in [0.05, 0.1) is 6.20 Å². The van der Waals surface area contributed by atoms with Crippen molar-refractivity contribution in [3.05, 3.63) is 54.1 Å². The standard InChI is InChI=1S/C12H10FNOS/c13-10-5-9(6-14-7-10)8-16-12-3-1-11(15)2-4-12/h1-7,15H,8H2. The van der Waals surface area contributed by atoms with Gasteiger partial charge in [0.15, 0.2) is 0 Å². The van der Waals surface area contributed by atoms with Crippen molar-refractivity contribution >= 4 is 11.8 Å². The van der Waals surface area contributed by atoms with Crippen LogP contribution in [0, 0.1) is 5.82 Å². The molecule has 0 radical (unpaired) electrons. The highest BCUT2D eigenvalue weighted by molar-refractivity contribution is 7.98. The molecule has 0 aliphatic heterocycles. The molecule has 1 heterocycles. The van der Waals surface area contributed by atoms with Crippen LogP contribution in [0.3, 0.4) is 0 Å². The number of pyridine rings is 1. The lowest BCUT2D eigenvalue weighted by atomic mass is 10.3. The third-order valence-corrected chi connectivity index (χ3v) is 3.09. The van der Waals surface area contributed by atoms with Gasteiger partial charge in [-0.3, -0.25) is 4.98 Å². The van der Waals surface area contributed by atoms with Crippen molar-refractivity contribution < 1.29 is 9.50 Å². The first-order valence-electron chi connectivity index (χ1n) is 4.75. The minimum absolute atomic E-state index is 0.247. The van der Waals surface area contributed by atoms with E-state index < -0.39 is 0 Å². The van der Waals surface area contributed by atoms with E-state index in [1.165, 1.54) is 12.3 Å². The largest absolute Gasteiger partial charge is 0.508 e. The lowest BCUT2D eigenvalue weighted by Crippen LogP contribution is -1.85. The van der Waals surface area contributed by atoms with Gasteiger partial charge in [-0.15, -0.1) is 11.8 Å². The van der Waals surface area contributed by atoms with Crippen molar-refractivity contribution in [1.29, 1.82) is 0 Å². The molecule has 0 bridgehead atoms. The highest BCUT2D eigenvalue weighted by Gasteiger charge is 1.98. The molecule has 0 spiro atoms. The molecule has 0 aliphatic carbocycles. The summed E-state index contributed by atoms with van der Waals surface area (Å²) in [6, 6.07) is 8.39. The highest BCUT2D eigenvalue weighted by Crippen LogP contribution is 2.24. The summed E-state index contributed by atoms with van der Waals surface area (Å²) in [7, 11) is 0. The molecule has 16 heavy (non-hydrogen) atoms. The zero-order valence-corrected chi connectivity index (χ0v) is 9.25. The van der Waals surface area contributed by atoms with Gasteiger partial charge in [0, 0.05) is 16.8 Å². The molecular weight excluding hydrogens is 225 g/mol. The van der Waals surface area contributed by atoms with Gasteiger partial charge in [-0.2, -0.15) is 0 Å². The molecule has 0 amide bonds. The van der Waals surface area contributed by atoms with Crippen LogP contribution in [0.15, 0.2) is 47.6 Å². The summed E-state index contributed by atoms with van der Waals surface area (Å²) < 4.78 is 12.8. The molecule has 2 aromatic rings. The van der Waals surface area contributed by atoms with Gasteiger partial charge in [0.25, 0.3) is 0 Å². The number of phenols is 1. The average molecular weight is 235 g/mol. The van der Waals surface area contributed by atoms with Crippen LogP contribution in [-0.2, 0) is 5.75 Å². The third-order valence-electron chi connectivity index (χ3n) is 2.00. The summed E-state index contributed by atoms with van der Waals surface area (Å²) in [5.41, 5.74) is 0.845. The van der Waals surface area contributed by atoms with E-state index in [2.05, 4.69) is 4.98 Å². The van der Waals surface area contributed by atoms with Crippen molar-refractivity contribution in [3.63, 3.8) is 0 Å². The smallest absolute Gasteiger partial charge is 0.141 e. The SMILES string of the molecule is Oc1ccc(SCc2cncc(F)c2)cc1. The van der Waals surface area contributed by atoms with E-state index in [4.69, 9.17) is 5.11 Å². The molecule has 0 fully saturated rings. The van der Waals surface area contributed by atoms with Crippen LogP contribution in [-0.4, -0.2) is 10.1 Å². The second kappa shape index (κ2) is 4.99. The number of aromatic nitrogens is 1. The van der Waals surface area contributed by atoms with Crippen LogP contribution in [0.2, 0.25) is 0 Å². The van der Waals surface area contributed by atoms with Crippen molar-refractivity contribution in [1.82, 2.24) is 4.98 Å². The van der Waals surface area contributed by atoms with E-state index in [-0.39, 0.29) is 11.6 Å².